The number of carbonyl (C=O) groups is 1. The lowest BCUT2D eigenvalue weighted by Gasteiger charge is -2.34. The molecule has 8 heteroatoms. The first-order valence-corrected chi connectivity index (χ1v) is 10.9. The molecule has 0 aliphatic carbocycles. The highest BCUT2D eigenvalue weighted by atomic mass is 35.5. The lowest BCUT2D eigenvalue weighted by atomic mass is 9.89. The number of halogens is 1. The van der Waals surface area contributed by atoms with E-state index in [1.807, 2.05) is 30.3 Å². The Hall–Kier alpha value is -2.22. The number of rotatable bonds is 4. The molecule has 6 nitrogen and oxygen atoms in total. The van der Waals surface area contributed by atoms with Crippen LogP contribution in [0.4, 0.5) is 0 Å². The summed E-state index contributed by atoms with van der Waals surface area (Å²) in [7, 11) is -3.64. The van der Waals surface area contributed by atoms with Crippen molar-refractivity contribution in [1.82, 2.24) is 9.62 Å². The number of hydrogen-bond acceptors (Lipinski definition) is 4. The number of amidine groups is 1. The van der Waals surface area contributed by atoms with Crippen LogP contribution in [0.2, 0.25) is 5.02 Å². The molecule has 0 aromatic heterocycles. The molecule has 2 aromatic carbocycles. The molecule has 2 heterocycles. The number of sulfonamides is 1. The number of aliphatic imine (C=N–C) groups is 1. The molecule has 2 aromatic rings. The molecule has 28 heavy (non-hydrogen) atoms. The predicted octanol–water partition coefficient (Wildman–Crippen LogP) is 2.63. The van der Waals surface area contributed by atoms with Gasteiger partial charge in [0.1, 0.15) is 11.4 Å². The van der Waals surface area contributed by atoms with Crippen molar-refractivity contribution >= 4 is 33.4 Å². The normalized spacial score (nSPS) is 19.5. The third kappa shape index (κ3) is 3.57. The fourth-order valence-corrected chi connectivity index (χ4v) is 5.41. The number of hydrogen-bond donors (Lipinski definition) is 1. The molecule has 2 aliphatic rings. The van der Waals surface area contributed by atoms with Gasteiger partial charge in [-0.05, 0) is 36.6 Å². The van der Waals surface area contributed by atoms with Crippen LogP contribution >= 0.6 is 11.6 Å². The van der Waals surface area contributed by atoms with Crippen LogP contribution in [-0.2, 0) is 21.2 Å². The predicted molar refractivity (Wildman–Crippen MR) is 108 cm³/mol. The zero-order valence-corrected chi connectivity index (χ0v) is 16.7. The van der Waals surface area contributed by atoms with E-state index >= 15 is 0 Å². The van der Waals surface area contributed by atoms with Crippen molar-refractivity contribution in [2.75, 3.05) is 13.1 Å². The van der Waals surface area contributed by atoms with E-state index in [1.54, 1.807) is 12.1 Å². The molecule has 0 radical (unpaired) electrons. The highest BCUT2D eigenvalue weighted by Gasteiger charge is 2.47. The van der Waals surface area contributed by atoms with Crippen molar-refractivity contribution in [3.63, 3.8) is 0 Å². The Morgan fingerprint density at radius 1 is 1.07 bits per heavy atom. The van der Waals surface area contributed by atoms with Gasteiger partial charge in [-0.15, -0.1) is 0 Å². The Morgan fingerprint density at radius 3 is 2.46 bits per heavy atom. The van der Waals surface area contributed by atoms with Gasteiger partial charge in [0.2, 0.25) is 10.0 Å². The number of nitrogens with zero attached hydrogens (tertiary/aromatic N) is 2. The lowest BCUT2D eigenvalue weighted by molar-refractivity contribution is -0.124. The molecule has 146 valence electrons. The molecule has 1 saturated heterocycles. The second-order valence-corrected chi connectivity index (χ2v) is 9.44. The Morgan fingerprint density at radius 2 is 1.79 bits per heavy atom. The van der Waals surface area contributed by atoms with Gasteiger partial charge in [-0.3, -0.25) is 9.79 Å². The maximum absolute atomic E-state index is 12.9. The van der Waals surface area contributed by atoms with Crippen LogP contribution in [0.1, 0.15) is 18.4 Å². The average Bonchev–Trinajstić information content (AvgIpc) is 2.97. The van der Waals surface area contributed by atoms with Gasteiger partial charge in [-0.25, -0.2) is 8.42 Å². The Kier molecular flexibility index (Phi) is 4.99. The molecule has 0 saturated carbocycles. The van der Waals surface area contributed by atoms with Crippen molar-refractivity contribution in [2.45, 2.75) is 29.7 Å². The first-order valence-electron chi connectivity index (χ1n) is 9.09. The van der Waals surface area contributed by atoms with Crippen LogP contribution < -0.4 is 5.32 Å². The van der Waals surface area contributed by atoms with Crippen molar-refractivity contribution in [3.05, 3.63) is 65.2 Å². The van der Waals surface area contributed by atoms with E-state index in [-0.39, 0.29) is 23.9 Å². The van der Waals surface area contributed by atoms with Gasteiger partial charge >= 0.3 is 0 Å². The summed E-state index contributed by atoms with van der Waals surface area (Å²) in [6, 6.07) is 16.0. The van der Waals surface area contributed by atoms with Crippen LogP contribution in [0.5, 0.6) is 0 Å². The first kappa shape index (κ1) is 19.1. The molecule has 1 fully saturated rings. The fourth-order valence-electron chi connectivity index (χ4n) is 3.67. The fraction of sp³-hybridized carbons (Fsp3) is 0.300. The van der Waals surface area contributed by atoms with E-state index in [4.69, 9.17) is 11.6 Å². The summed E-state index contributed by atoms with van der Waals surface area (Å²) in [6.45, 7) is 0.481. The van der Waals surface area contributed by atoms with Crippen molar-refractivity contribution < 1.29 is 13.2 Å². The molecule has 1 spiro atoms. The maximum Gasteiger partial charge on any atom is 0.253 e. The van der Waals surface area contributed by atoms with E-state index in [0.717, 1.165) is 5.56 Å². The Labute approximate surface area is 169 Å². The third-order valence-electron chi connectivity index (χ3n) is 5.23. The number of carbonyl (C=O) groups excluding carboxylic acids is 1. The molecule has 0 bridgehead atoms. The quantitative estimate of drug-likeness (QED) is 0.830. The van der Waals surface area contributed by atoms with E-state index < -0.39 is 15.6 Å². The molecule has 2 aliphatic heterocycles. The number of piperidine rings is 1. The number of benzene rings is 2. The van der Waals surface area contributed by atoms with Crippen LogP contribution in [-0.4, -0.2) is 43.1 Å². The van der Waals surface area contributed by atoms with Crippen molar-refractivity contribution in [2.24, 2.45) is 4.99 Å². The standard InChI is InChI=1S/C20H20ClN3O3S/c21-16-7-4-8-17(14-16)28(26,27)24-11-9-20(10-12-24)19(25)22-18(23-20)13-15-5-2-1-3-6-15/h1-8,14H,9-13H2,(H,22,23,25). The minimum Gasteiger partial charge on any atom is -0.312 e. The minimum atomic E-state index is -3.64. The van der Waals surface area contributed by atoms with Crippen LogP contribution in [0.25, 0.3) is 0 Å². The largest absolute Gasteiger partial charge is 0.312 e. The van der Waals surface area contributed by atoms with Gasteiger partial charge in [0.05, 0.1) is 4.90 Å². The summed E-state index contributed by atoms with van der Waals surface area (Å²) in [5.41, 5.74) is 0.198. The van der Waals surface area contributed by atoms with Gasteiger partial charge in [0, 0.05) is 24.5 Å². The summed E-state index contributed by atoms with van der Waals surface area (Å²) >= 11 is 5.94. The summed E-state index contributed by atoms with van der Waals surface area (Å²) in [6.07, 6.45) is 1.27. The summed E-state index contributed by atoms with van der Waals surface area (Å²) in [4.78, 5) is 17.5. The second kappa shape index (κ2) is 7.31. The topological polar surface area (TPSA) is 78.8 Å². The zero-order chi connectivity index (χ0) is 19.8. The minimum absolute atomic E-state index is 0.141. The Balaban J connectivity index is 1.49. The Bertz CT molecular complexity index is 1030. The first-order chi connectivity index (χ1) is 13.4. The third-order valence-corrected chi connectivity index (χ3v) is 7.36. The van der Waals surface area contributed by atoms with Crippen LogP contribution in [0.3, 0.4) is 0 Å². The van der Waals surface area contributed by atoms with E-state index in [0.29, 0.717) is 30.1 Å². The molecule has 1 amide bonds. The van der Waals surface area contributed by atoms with Crippen LogP contribution in [0.15, 0.2) is 64.5 Å². The summed E-state index contributed by atoms with van der Waals surface area (Å²) in [5.74, 6) is 0.501. The molecule has 0 atom stereocenters. The summed E-state index contributed by atoms with van der Waals surface area (Å²) < 4.78 is 27.1. The number of amides is 1. The zero-order valence-electron chi connectivity index (χ0n) is 15.1. The molecular weight excluding hydrogens is 398 g/mol. The average molecular weight is 418 g/mol. The monoisotopic (exact) mass is 417 g/mol. The van der Waals surface area contributed by atoms with E-state index in [9.17, 15) is 13.2 Å². The van der Waals surface area contributed by atoms with Crippen molar-refractivity contribution in [1.29, 1.82) is 0 Å². The maximum atomic E-state index is 12.9. The van der Waals surface area contributed by atoms with Crippen LogP contribution in [0, 0.1) is 0 Å². The number of nitrogens with one attached hydrogen (secondary N) is 1. The van der Waals surface area contributed by atoms with Gasteiger partial charge in [0.25, 0.3) is 5.91 Å². The molecule has 4 rings (SSSR count). The van der Waals surface area contributed by atoms with Crippen molar-refractivity contribution in [3.8, 4) is 0 Å². The molecular formula is C20H20ClN3O3S. The van der Waals surface area contributed by atoms with E-state index in [1.165, 1.54) is 16.4 Å². The smallest absolute Gasteiger partial charge is 0.253 e. The highest BCUT2D eigenvalue weighted by Crippen LogP contribution is 2.33. The van der Waals surface area contributed by atoms with Gasteiger partial charge < -0.3 is 5.32 Å². The van der Waals surface area contributed by atoms with Gasteiger partial charge in [0.15, 0.2) is 0 Å². The van der Waals surface area contributed by atoms with Gasteiger partial charge in [-0.2, -0.15) is 4.31 Å². The second-order valence-electron chi connectivity index (χ2n) is 7.07. The van der Waals surface area contributed by atoms with E-state index in [2.05, 4.69) is 10.3 Å². The molecule has 1 N–H and O–H groups in total. The highest BCUT2D eigenvalue weighted by molar-refractivity contribution is 7.89. The molecule has 0 unspecified atom stereocenters. The summed E-state index contributed by atoms with van der Waals surface area (Å²) in [5, 5.41) is 3.26. The van der Waals surface area contributed by atoms with Gasteiger partial charge in [-0.1, -0.05) is 48.0 Å². The SMILES string of the molecule is O=C1NC(Cc2ccccc2)=NC12CCN(S(=O)(=O)c1cccc(Cl)c1)CC2. The lowest BCUT2D eigenvalue weighted by Crippen LogP contribution is -2.50.